The van der Waals surface area contributed by atoms with Gasteiger partial charge in [-0.3, -0.25) is 0 Å². The highest BCUT2D eigenvalue weighted by atomic mass is 35.5. The first kappa shape index (κ1) is 17.7. The molecule has 2 rings (SSSR count). The molecule has 23 heavy (non-hydrogen) atoms. The second-order valence-electron chi connectivity index (χ2n) is 4.92. The Hall–Kier alpha value is -1.60. The summed E-state index contributed by atoms with van der Waals surface area (Å²) in [5.74, 6) is 1.13. The third kappa shape index (κ3) is 5.51. The van der Waals surface area contributed by atoms with Crippen LogP contribution in [0, 0.1) is 0 Å². The number of hydrogen-bond acceptors (Lipinski definition) is 4. The average molecular weight is 355 g/mol. The second kappa shape index (κ2) is 8.31. The van der Waals surface area contributed by atoms with Gasteiger partial charge in [0.15, 0.2) is 0 Å². The van der Waals surface area contributed by atoms with Crippen LogP contribution in [0.4, 0.5) is 0 Å². The fourth-order valence-electron chi connectivity index (χ4n) is 1.91. The highest BCUT2D eigenvalue weighted by Gasteiger charge is 2.13. The van der Waals surface area contributed by atoms with Crippen molar-refractivity contribution in [2.45, 2.75) is 17.7 Å². The highest BCUT2D eigenvalue weighted by molar-refractivity contribution is 7.89. The largest absolute Gasteiger partial charge is 0.457 e. The molecule has 5 nitrogen and oxygen atoms in total. The number of benzene rings is 2. The molecule has 0 fully saturated rings. The van der Waals surface area contributed by atoms with Crippen molar-refractivity contribution in [1.29, 1.82) is 0 Å². The van der Waals surface area contributed by atoms with Crippen molar-refractivity contribution in [3.8, 4) is 11.5 Å². The number of nitrogens with one attached hydrogen (secondary N) is 1. The molecule has 0 atom stereocenters. The first-order valence-electron chi connectivity index (χ1n) is 7.24. The predicted molar refractivity (Wildman–Crippen MR) is 91.4 cm³/mol. The summed E-state index contributed by atoms with van der Waals surface area (Å²) >= 11 is 5.89. The summed E-state index contributed by atoms with van der Waals surface area (Å²) in [7, 11) is -3.50. The van der Waals surface area contributed by atoms with E-state index in [0.29, 0.717) is 36.0 Å². The van der Waals surface area contributed by atoms with Gasteiger partial charge < -0.3 is 10.5 Å². The lowest BCUT2D eigenvalue weighted by molar-refractivity contribution is 0.482. The van der Waals surface area contributed by atoms with Gasteiger partial charge in [0, 0.05) is 11.6 Å². The van der Waals surface area contributed by atoms with E-state index < -0.39 is 10.0 Å². The molecule has 0 saturated carbocycles. The van der Waals surface area contributed by atoms with Gasteiger partial charge in [-0.05, 0) is 61.9 Å². The molecular weight excluding hydrogens is 336 g/mol. The van der Waals surface area contributed by atoms with Gasteiger partial charge in [-0.1, -0.05) is 17.7 Å². The van der Waals surface area contributed by atoms with Crippen LogP contribution in [0.2, 0.25) is 5.02 Å². The van der Waals surface area contributed by atoms with E-state index in [2.05, 4.69) is 4.72 Å². The SMILES string of the molecule is NCCCCNS(=O)(=O)c1ccc(Oc2cccc(Cl)c2)cc1. The zero-order chi connectivity index (χ0) is 16.7. The molecule has 0 aliphatic carbocycles. The minimum atomic E-state index is -3.50. The van der Waals surface area contributed by atoms with Gasteiger partial charge in [0.25, 0.3) is 0 Å². The normalized spacial score (nSPS) is 11.4. The third-order valence-corrected chi connectivity index (χ3v) is 4.80. The number of rotatable bonds is 8. The molecule has 124 valence electrons. The van der Waals surface area contributed by atoms with Crippen LogP contribution >= 0.6 is 11.6 Å². The van der Waals surface area contributed by atoms with Crippen molar-refractivity contribution in [1.82, 2.24) is 4.72 Å². The Morgan fingerprint density at radius 2 is 1.78 bits per heavy atom. The van der Waals surface area contributed by atoms with Gasteiger partial charge in [-0.25, -0.2) is 13.1 Å². The Morgan fingerprint density at radius 1 is 1.04 bits per heavy atom. The van der Waals surface area contributed by atoms with E-state index in [-0.39, 0.29) is 4.90 Å². The molecule has 0 aliphatic rings. The van der Waals surface area contributed by atoms with Gasteiger partial charge in [0.1, 0.15) is 11.5 Å². The maximum atomic E-state index is 12.1. The maximum Gasteiger partial charge on any atom is 0.240 e. The Balaban J connectivity index is 2.01. The molecule has 0 unspecified atom stereocenters. The molecule has 0 bridgehead atoms. The fraction of sp³-hybridized carbons (Fsp3) is 0.250. The summed E-state index contributed by atoms with van der Waals surface area (Å²) in [5, 5.41) is 0.573. The van der Waals surface area contributed by atoms with Crippen molar-refractivity contribution in [2.75, 3.05) is 13.1 Å². The minimum absolute atomic E-state index is 0.198. The van der Waals surface area contributed by atoms with Gasteiger partial charge in [-0.15, -0.1) is 0 Å². The number of sulfonamides is 1. The first-order valence-corrected chi connectivity index (χ1v) is 9.10. The Kier molecular flexibility index (Phi) is 6.41. The van der Waals surface area contributed by atoms with Gasteiger partial charge in [-0.2, -0.15) is 0 Å². The summed E-state index contributed by atoms with van der Waals surface area (Å²) in [6.07, 6.45) is 1.50. The molecule has 0 spiro atoms. The molecule has 0 aliphatic heterocycles. The van der Waals surface area contributed by atoms with E-state index >= 15 is 0 Å². The lowest BCUT2D eigenvalue weighted by Crippen LogP contribution is -2.25. The lowest BCUT2D eigenvalue weighted by Gasteiger charge is -2.09. The zero-order valence-electron chi connectivity index (χ0n) is 12.5. The monoisotopic (exact) mass is 354 g/mol. The number of nitrogens with two attached hydrogens (primary N) is 1. The predicted octanol–water partition coefficient (Wildman–Crippen LogP) is 3.15. The van der Waals surface area contributed by atoms with Crippen molar-refractivity contribution < 1.29 is 13.2 Å². The summed E-state index contributed by atoms with van der Waals surface area (Å²) in [6.45, 7) is 0.928. The smallest absolute Gasteiger partial charge is 0.240 e. The van der Waals surface area contributed by atoms with Crippen molar-refractivity contribution in [2.24, 2.45) is 5.73 Å². The van der Waals surface area contributed by atoms with Crippen LogP contribution < -0.4 is 15.2 Å². The summed E-state index contributed by atoms with van der Waals surface area (Å²) in [5.41, 5.74) is 5.38. The van der Waals surface area contributed by atoms with Crippen LogP contribution in [0.15, 0.2) is 53.4 Å². The molecular formula is C16H19ClN2O3S. The van der Waals surface area contributed by atoms with Crippen molar-refractivity contribution in [3.63, 3.8) is 0 Å². The van der Waals surface area contributed by atoms with Crippen LogP contribution in [0.25, 0.3) is 0 Å². The van der Waals surface area contributed by atoms with E-state index in [4.69, 9.17) is 22.1 Å². The molecule has 3 N–H and O–H groups in total. The van der Waals surface area contributed by atoms with Crippen molar-refractivity contribution in [3.05, 3.63) is 53.6 Å². The topological polar surface area (TPSA) is 81.4 Å². The zero-order valence-corrected chi connectivity index (χ0v) is 14.1. The highest BCUT2D eigenvalue weighted by Crippen LogP contribution is 2.25. The van der Waals surface area contributed by atoms with Crippen LogP contribution in [-0.2, 0) is 10.0 Å². The van der Waals surface area contributed by atoms with E-state index in [1.807, 2.05) is 0 Å². The summed E-state index contributed by atoms with van der Waals surface area (Å²) in [6, 6.07) is 13.2. The molecule has 0 saturated heterocycles. The number of hydrogen-bond donors (Lipinski definition) is 2. The van der Waals surface area contributed by atoms with E-state index in [1.54, 1.807) is 36.4 Å². The molecule has 7 heteroatoms. The Bertz CT molecular complexity index is 733. The minimum Gasteiger partial charge on any atom is -0.457 e. The van der Waals surface area contributed by atoms with Gasteiger partial charge in [0.2, 0.25) is 10.0 Å². The van der Waals surface area contributed by atoms with Gasteiger partial charge >= 0.3 is 0 Å². The maximum absolute atomic E-state index is 12.1. The lowest BCUT2D eigenvalue weighted by atomic mass is 10.3. The molecule has 0 heterocycles. The molecule has 2 aromatic rings. The molecule has 0 aromatic heterocycles. The van der Waals surface area contributed by atoms with E-state index in [1.165, 1.54) is 12.1 Å². The molecule has 2 aromatic carbocycles. The first-order chi connectivity index (χ1) is 11.0. The summed E-state index contributed by atoms with van der Waals surface area (Å²) in [4.78, 5) is 0.198. The van der Waals surface area contributed by atoms with Crippen LogP contribution in [0.3, 0.4) is 0 Å². The Morgan fingerprint density at radius 3 is 2.43 bits per heavy atom. The van der Waals surface area contributed by atoms with E-state index in [9.17, 15) is 8.42 Å². The van der Waals surface area contributed by atoms with Crippen LogP contribution in [-0.4, -0.2) is 21.5 Å². The third-order valence-electron chi connectivity index (χ3n) is 3.09. The summed E-state index contributed by atoms with van der Waals surface area (Å²) < 4.78 is 32.4. The van der Waals surface area contributed by atoms with E-state index in [0.717, 1.165) is 6.42 Å². The number of unbranched alkanes of at least 4 members (excludes halogenated alkanes) is 1. The van der Waals surface area contributed by atoms with Gasteiger partial charge in [0.05, 0.1) is 4.90 Å². The Labute approximate surface area is 141 Å². The van der Waals surface area contributed by atoms with Crippen molar-refractivity contribution >= 4 is 21.6 Å². The number of ether oxygens (including phenoxy) is 1. The standard InChI is InChI=1S/C16H19ClN2O3S/c17-13-4-3-5-15(12-13)22-14-6-8-16(9-7-14)23(20,21)19-11-2-1-10-18/h3-9,12,19H,1-2,10-11,18H2. The quantitative estimate of drug-likeness (QED) is 0.713. The average Bonchev–Trinajstić information content (AvgIpc) is 2.52. The second-order valence-corrected chi connectivity index (χ2v) is 7.13. The fourth-order valence-corrected chi connectivity index (χ4v) is 3.17. The molecule has 0 amide bonds. The van der Waals surface area contributed by atoms with Crippen LogP contribution in [0.1, 0.15) is 12.8 Å². The number of halogens is 1. The molecule has 0 radical (unpaired) electrons. The van der Waals surface area contributed by atoms with Crippen LogP contribution in [0.5, 0.6) is 11.5 Å².